The zero-order chi connectivity index (χ0) is 9.80. The molecule has 1 fully saturated rings. The first-order valence-corrected chi connectivity index (χ1v) is 6.01. The van der Waals surface area contributed by atoms with Crippen molar-refractivity contribution >= 4 is 11.3 Å². The lowest BCUT2D eigenvalue weighted by Gasteiger charge is -2.03. The summed E-state index contributed by atoms with van der Waals surface area (Å²) in [4.78, 5) is 5.59. The van der Waals surface area contributed by atoms with E-state index >= 15 is 0 Å². The van der Waals surface area contributed by atoms with Gasteiger partial charge in [-0.1, -0.05) is 0 Å². The molecule has 78 valence electrons. The predicted molar refractivity (Wildman–Crippen MR) is 59.6 cm³/mol. The normalized spacial score (nSPS) is 16.1. The third-order valence-corrected chi connectivity index (χ3v) is 3.17. The molecule has 0 aliphatic heterocycles. The summed E-state index contributed by atoms with van der Waals surface area (Å²) < 4.78 is 0. The van der Waals surface area contributed by atoms with Crippen molar-refractivity contribution in [2.45, 2.75) is 32.4 Å². The maximum atomic E-state index is 4.30. The Balaban J connectivity index is 1.53. The fourth-order valence-corrected chi connectivity index (χ4v) is 2.09. The maximum Gasteiger partial charge on any atom is 0.107 e. The smallest absolute Gasteiger partial charge is 0.107 e. The van der Waals surface area contributed by atoms with Gasteiger partial charge < -0.3 is 10.6 Å². The molecule has 4 heteroatoms. The van der Waals surface area contributed by atoms with Gasteiger partial charge in [0.15, 0.2) is 0 Å². The molecular formula is C10H17N3S. The Kier molecular flexibility index (Phi) is 3.50. The summed E-state index contributed by atoms with van der Waals surface area (Å²) in [5.41, 5.74) is 0. The van der Waals surface area contributed by atoms with Crippen LogP contribution in [0.2, 0.25) is 0 Å². The lowest BCUT2D eigenvalue weighted by atomic mass is 10.5. The van der Waals surface area contributed by atoms with Crippen molar-refractivity contribution in [2.75, 3.05) is 13.1 Å². The third kappa shape index (κ3) is 3.36. The summed E-state index contributed by atoms with van der Waals surface area (Å²) in [6.45, 7) is 5.12. The standard InChI is InChI=1S/C10H17N3S/c1-8-6-13-10(14-8)7-11-4-5-12-9-2-3-9/h6,9,11-12H,2-5,7H2,1H3. The van der Waals surface area contributed by atoms with Crippen LogP contribution >= 0.6 is 11.3 Å². The van der Waals surface area contributed by atoms with E-state index in [-0.39, 0.29) is 0 Å². The Morgan fingerprint density at radius 1 is 1.50 bits per heavy atom. The summed E-state index contributed by atoms with van der Waals surface area (Å²) in [7, 11) is 0. The second-order valence-corrected chi connectivity index (χ2v) is 5.09. The first-order valence-electron chi connectivity index (χ1n) is 5.20. The average Bonchev–Trinajstić information content (AvgIpc) is 2.89. The van der Waals surface area contributed by atoms with Gasteiger partial charge in [0, 0.05) is 36.8 Å². The summed E-state index contributed by atoms with van der Waals surface area (Å²) in [6.07, 6.45) is 4.67. The van der Waals surface area contributed by atoms with E-state index in [2.05, 4.69) is 22.5 Å². The molecule has 0 atom stereocenters. The molecule has 0 aromatic carbocycles. The van der Waals surface area contributed by atoms with Crippen molar-refractivity contribution in [3.8, 4) is 0 Å². The molecule has 0 amide bonds. The SMILES string of the molecule is Cc1cnc(CNCCNC2CC2)s1. The number of nitrogens with one attached hydrogen (secondary N) is 2. The minimum absolute atomic E-state index is 0.818. The Morgan fingerprint density at radius 2 is 2.36 bits per heavy atom. The van der Waals surface area contributed by atoms with Gasteiger partial charge in [0.05, 0.1) is 0 Å². The van der Waals surface area contributed by atoms with E-state index < -0.39 is 0 Å². The van der Waals surface area contributed by atoms with Crippen molar-refractivity contribution in [1.29, 1.82) is 0 Å². The van der Waals surface area contributed by atoms with Gasteiger partial charge in [0.25, 0.3) is 0 Å². The third-order valence-electron chi connectivity index (χ3n) is 2.26. The van der Waals surface area contributed by atoms with Crippen LogP contribution < -0.4 is 10.6 Å². The van der Waals surface area contributed by atoms with Gasteiger partial charge in [-0.05, 0) is 19.8 Å². The molecule has 1 aliphatic carbocycles. The van der Waals surface area contributed by atoms with Crippen LogP contribution in [0.15, 0.2) is 6.20 Å². The highest BCUT2D eigenvalue weighted by Gasteiger charge is 2.19. The predicted octanol–water partition coefficient (Wildman–Crippen LogP) is 1.29. The zero-order valence-corrected chi connectivity index (χ0v) is 9.36. The molecule has 1 heterocycles. The second-order valence-electron chi connectivity index (χ2n) is 3.77. The molecule has 2 N–H and O–H groups in total. The highest BCUT2D eigenvalue weighted by Crippen LogP contribution is 2.17. The second kappa shape index (κ2) is 4.87. The van der Waals surface area contributed by atoms with Crippen LogP contribution in [0, 0.1) is 6.92 Å². The van der Waals surface area contributed by atoms with Gasteiger partial charge >= 0.3 is 0 Å². The molecule has 1 aliphatic rings. The van der Waals surface area contributed by atoms with E-state index in [1.54, 1.807) is 11.3 Å². The van der Waals surface area contributed by atoms with E-state index in [1.807, 2.05) is 6.20 Å². The molecule has 0 spiro atoms. The van der Waals surface area contributed by atoms with Gasteiger partial charge in [0.2, 0.25) is 0 Å². The number of hydrogen-bond donors (Lipinski definition) is 2. The highest BCUT2D eigenvalue weighted by molar-refractivity contribution is 7.11. The van der Waals surface area contributed by atoms with Gasteiger partial charge in [0.1, 0.15) is 5.01 Å². The number of aromatic nitrogens is 1. The first kappa shape index (κ1) is 10.1. The number of thiazole rings is 1. The Labute approximate surface area is 88.9 Å². The summed E-state index contributed by atoms with van der Waals surface area (Å²) >= 11 is 1.77. The number of hydrogen-bond acceptors (Lipinski definition) is 4. The molecule has 0 radical (unpaired) electrons. The van der Waals surface area contributed by atoms with E-state index in [0.29, 0.717) is 0 Å². The molecule has 0 unspecified atom stereocenters. The summed E-state index contributed by atoms with van der Waals surface area (Å²) in [6, 6.07) is 0.818. The molecule has 0 saturated heterocycles. The van der Waals surface area contributed by atoms with Gasteiger partial charge in [-0.25, -0.2) is 4.98 Å². The molecular weight excluding hydrogens is 194 g/mol. The quantitative estimate of drug-likeness (QED) is 0.696. The molecule has 1 aromatic rings. The molecule has 2 rings (SSSR count). The molecule has 0 bridgehead atoms. The first-order chi connectivity index (χ1) is 6.84. The molecule has 3 nitrogen and oxygen atoms in total. The van der Waals surface area contributed by atoms with Gasteiger partial charge in [-0.15, -0.1) is 11.3 Å². The van der Waals surface area contributed by atoms with E-state index in [1.165, 1.54) is 22.7 Å². The van der Waals surface area contributed by atoms with Crippen LogP contribution in [0.5, 0.6) is 0 Å². The highest BCUT2D eigenvalue weighted by atomic mass is 32.1. The fraction of sp³-hybridized carbons (Fsp3) is 0.700. The van der Waals surface area contributed by atoms with E-state index in [9.17, 15) is 0 Å². The Morgan fingerprint density at radius 3 is 3.00 bits per heavy atom. The van der Waals surface area contributed by atoms with E-state index in [4.69, 9.17) is 0 Å². The lowest BCUT2D eigenvalue weighted by molar-refractivity contribution is 0.607. The zero-order valence-electron chi connectivity index (χ0n) is 8.55. The fourth-order valence-electron chi connectivity index (χ4n) is 1.33. The van der Waals surface area contributed by atoms with Crippen molar-refractivity contribution in [3.05, 3.63) is 16.1 Å². The minimum Gasteiger partial charge on any atom is -0.313 e. The van der Waals surface area contributed by atoms with Crippen LogP contribution in [0.4, 0.5) is 0 Å². The van der Waals surface area contributed by atoms with Crippen molar-refractivity contribution in [3.63, 3.8) is 0 Å². The lowest BCUT2D eigenvalue weighted by Crippen LogP contribution is -2.28. The summed E-state index contributed by atoms with van der Waals surface area (Å²) in [5, 5.41) is 8.04. The number of rotatable bonds is 6. The molecule has 1 aromatic heterocycles. The number of aryl methyl sites for hydroxylation is 1. The Bertz CT molecular complexity index is 281. The van der Waals surface area contributed by atoms with Crippen molar-refractivity contribution in [2.24, 2.45) is 0 Å². The van der Waals surface area contributed by atoms with Crippen molar-refractivity contribution < 1.29 is 0 Å². The minimum atomic E-state index is 0.818. The summed E-state index contributed by atoms with van der Waals surface area (Å²) in [5.74, 6) is 0. The van der Waals surface area contributed by atoms with Gasteiger partial charge in [-0.2, -0.15) is 0 Å². The van der Waals surface area contributed by atoms with Crippen LogP contribution in [-0.4, -0.2) is 24.1 Å². The number of nitrogens with zero attached hydrogens (tertiary/aromatic N) is 1. The monoisotopic (exact) mass is 211 g/mol. The molecule has 1 saturated carbocycles. The Hall–Kier alpha value is -0.450. The van der Waals surface area contributed by atoms with Crippen LogP contribution in [0.25, 0.3) is 0 Å². The largest absolute Gasteiger partial charge is 0.313 e. The van der Waals surface area contributed by atoms with Gasteiger partial charge in [-0.3, -0.25) is 0 Å². The van der Waals surface area contributed by atoms with Crippen LogP contribution in [-0.2, 0) is 6.54 Å². The average molecular weight is 211 g/mol. The van der Waals surface area contributed by atoms with Crippen molar-refractivity contribution in [1.82, 2.24) is 15.6 Å². The van der Waals surface area contributed by atoms with Crippen LogP contribution in [0.1, 0.15) is 22.7 Å². The van der Waals surface area contributed by atoms with E-state index in [0.717, 1.165) is 25.7 Å². The molecule has 14 heavy (non-hydrogen) atoms. The van der Waals surface area contributed by atoms with Crippen LogP contribution in [0.3, 0.4) is 0 Å². The topological polar surface area (TPSA) is 37.0 Å². The maximum absolute atomic E-state index is 4.30.